The molecule has 2 saturated heterocycles. The summed E-state index contributed by atoms with van der Waals surface area (Å²) in [6.07, 6.45) is 5.27. The maximum atomic E-state index is 12.4. The van der Waals surface area contributed by atoms with Crippen LogP contribution in [0, 0.1) is 5.92 Å². The molecule has 3 rings (SSSR count). The first kappa shape index (κ1) is 19.3. The van der Waals surface area contributed by atoms with Gasteiger partial charge in [0.05, 0.1) is 12.2 Å². The number of benzene rings is 1. The van der Waals surface area contributed by atoms with Gasteiger partial charge >= 0.3 is 0 Å². The van der Waals surface area contributed by atoms with Crippen LogP contribution in [0.25, 0.3) is 0 Å². The number of piperidine rings is 1. The zero-order valence-electron chi connectivity index (χ0n) is 15.5. The molecule has 0 aromatic heterocycles. The summed E-state index contributed by atoms with van der Waals surface area (Å²) in [5.74, 6) is -0.313. The van der Waals surface area contributed by atoms with E-state index in [2.05, 4.69) is 34.5 Å². The number of hydrogen-bond donors (Lipinski definition) is 1. The van der Waals surface area contributed by atoms with Gasteiger partial charge in [0.15, 0.2) is 0 Å². The number of sulfonamides is 1. The van der Waals surface area contributed by atoms with E-state index in [0.717, 1.165) is 24.9 Å². The molecule has 1 aromatic rings. The van der Waals surface area contributed by atoms with Crippen molar-refractivity contribution in [2.75, 3.05) is 32.4 Å². The maximum absolute atomic E-state index is 12.4. The Kier molecular flexibility index (Phi) is 6.32. The highest BCUT2D eigenvalue weighted by Gasteiger charge is 2.29. The quantitative estimate of drug-likeness (QED) is 0.815. The van der Waals surface area contributed by atoms with Crippen molar-refractivity contribution in [2.24, 2.45) is 5.92 Å². The summed E-state index contributed by atoms with van der Waals surface area (Å²) in [5.41, 5.74) is 2.37. The number of amides is 1. The molecule has 1 N–H and O–H groups in total. The molecule has 0 aliphatic carbocycles. The molecule has 144 valence electrons. The van der Waals surface area contributed by atoms with Crippen LogP contribution in [0.15, 0.2) is 24.3 Å². The van der Waals surface area contributed by atoms with Crippen LogP contribution in [-0.2, 0) is 27.9 Å². The number of nitrogens with one attached hydrogen (secondary N) is 1. The van der Waals surface area contributed by atoms with Crippen molar-refractivity contribution >= 4 is 15.9 Å². The average molecular weight is 380 g/mol. The Hall–Kier alpha value is -1.44. The van der Waals surface area contributed by atoms with Crippen molar-refractivity contribution in [1.82, 2.24) is 14.5 Å². The fourth-order valence-corrected chi connectivity index (χ4v) is 4.66. The number of nitrogens with zero attached hydrogens (tertiary/aromatic N) is 2. The zero-order chi connectivity index (χ0) is 18.6. The highest BCUT2D eigenvalue weighted by Crippen LogP contribution is 2.19. The fraction of sp³-hybridized carbons (Fsp3) is 0.632. The van der Waals surface area contributed by atoms with E-state index in [1.165, 1.54) is 42.1 Å². The molecule has 2 heterocycles. The van der Waals surface area contributed by atoms with Crippen LogP contribution in [0.3, 0.4) is 0 Å². The molecule has 26 heavy (non-hydrogen) atoms. The zero-order valence-corrected chi connectivity index (χ0v) is 16.3. The van der Waals surface area contributed by atoms with Crippen LogP contribution >= 0.6 is 0 Å². The number of rotatable bonds is 6. The van der Waals surface area contributed by atoms with Gasteiger partial charge in [-0.05, 0) is 49.9 Å². The van der Waals surface area contributed by atoms with Gasteiger partial charge in [0.1, 0.15) is 0 Å². The van der Waals surface area contributed by atoms with Gasteiger partial charge in [0, 0.05) is 26.2 Å². The molecule has 1 atom stereocenters. The van der Waals surface area contributed by atoms with Crippen LogP contribution in [-0.4, -0.2) is 56.0 Å². The highest BCUT2D eigenvalue weighted by atomic mass is 32.2. The molecule has 2 fully saturated rings. The SMILES string of the molecule is CS(=O)(=O)N1CCC[C@@H](C(=O)NCc2ccc(CN3CCCC3)cc2)C1. The molecule has 1 amide bonds. The van der Waals surface area contributed by atoms with E-state index < -0.39 is 10.0 Å². The molecular weight excluding hydrogens is 350 g/mol. The Morgan fingerprint density at radius 2 is 1.73 bits per heavy atom. The Morgan fingerprint density at radius 3 is 2.38 bits per heavy atom. The predicted molar refractivity (Wildman–Crippen MR) is 102 cm³/mol. The topological polar surface area (TPSA) is 69.7 Å². The monoisotopic (exact) mass is 379 g/mol. The first-order chi connectivity index (χ1) is 12.4. The second-order valence-corrected chi connectivity index (χ2v) is 9.46. The van der Waals surface area contributed by atoms with Gasteiger partial charge in [-0.25, -0.2) is 12.7 Å². The van der Waals surface area contributed by atoms with Crippen molar-refractivity contribution in [1.29, 1.82) is 0 Å². The van der Waals surface area contributed by atoms with Crippen LogP contribution in [0.5, 0.6) is 0 Å². The Morgan fingerprint density at radius 1 is 1.08 bits per heavy atom. The molecule has 7 heteroatoms. The first-order valence-electron chi connectivity index (χ1n) is 9.45. The number of carbonyl (C=O) groups is 1. The molecule has 0 spiro atoms. The van der Waals surface area contributed by atoms with E-state index in [4.69, 9.17) is 0 Å². The summed E-state index contributed by atoms with van der Waals surface area (Å²) in [5, 5.41) is 2.96. The Balaban J connectivity index is 1.48. The van der Waals surface area contributed by atoms with E-state index in [-0.39, 0.29) is 11.8 Å². The van der Waals surface area contributed by atoms with Crippen LogP contribution in [0.4, 0.5) is 0 Å². The maximum Gasteiger partial charge on any atom is 0.224 e. The van der Waals surface area contributed by atoms with Crippen LogP contribution in [0.1, 0.15) is 36.8 Å². The standard InChI is InChI=1S/C19H29N3O3S/c1-26(24,25)22-12-4-5-18(15-22)19(23)20-13-16-6-8-17(9-7-16)14-21-10-2-3-11-21/h6-9,18H,2-5,10-15H2,1H3,(H,20,23)/t18-/m1/s1. The minimum Gasteiger partial charge on any atom is -0.352 e. The summed E-state index contributed by atoms with van der Waals surface area (Å²) >= 11 is 0. The molecule has 6 nitrogen and oxygen atoms in total. The molecule has 0 unspecified atom stereocenters. The van der Waals surface area contributed by atoms with Crippen LogP contribution in [0.2, 0.25) is 0 Å². The van der Waals surface area contributed by atoms with Crippen molar-refractivity contribution in [3.05, 3.63) is 35.4 Å². The number of likely N-dealkylation sites (tertiary alicyclic amines) is 1. The Bertz CT molecular complexity index is 712. The second kappa shape index (κ2) is 8.50. The van der Waals surface area contributed by atoms with E-state index in [1.807, 2.05) is 0 Å². The van der Waals surface area contributed by atoms with E-state index in [9.17, 15) is 13.2 Å². The summed E-state index contributed by atoms with van der Waals surface area (Å²) in [4.78, 5) is 14.9. The minimum atomic E-state index is -3.22. The molecule has 1 aromatic carbocycles. The molecule has 0 saturated carbocycles. The molecule has 0 bridgehead atoms. The lowest BCUT2D eigenvalue weighted by Gasteiger charge is -2.30. The average Bonchev–Trinajstić information content (AvgIpc) is 3.13. The normalized spacial score (nSPS) is 22.4. The van der Waals surface area contributed by atoms with Gasteiger partial charge in [0.2, 0.25) is 15.9 Å². The molecule has 2 aliphatic rings. The van der Waals surface area contributed by atoms with Crippen LogP contribution < -0.4 is 5.32 Å². The minimum absolute atomic E-state index is 0.0560. The summed E-state index contributed by atoms with van der Waals surface area (Å²) in [6.45, 7) is 4.65. The lowest BCUT2D eigenvalue weighted by atomic mass is 9.98. The third-order valence-electron chi connectivity index (χ3n) is 5.32. The largest absolute Gasteiger partial charge is 0.352 e. The number of carbonyl (C=O) groups excluding carboxylic acids is 1. The van der Waals surface area contributed by atoms with Gasteiger partial charge < -0.3 is 5.32 Å². The lowest BCUT2D eigenvalue weighted by molar-refractivity contribution is -0.126. The first-order valence-corrected chi connectivity index (χ1v) is 11.3. The molecule has 2 aliphatic heterocycles. The van der Waals surface area contributed by atoms with Crippen molar-refractivity contribution in [2.45, 2.75) is 38.8 Å². The lowest BCUT2D eigenvalue weighted by Crippen LogP contribution is -2.44. The number of hydrogen-bond acceptors (Lipinski definition) is 4. The van der Waals surface area contributed by atoms with Crippen molar-refractivity contribution in [3.8, 4) is 0 Å². The molecular formula is C19H29N3O3S. The fourth-order valence-electron chi connectivity index (χ4n) is 3.75. The van der Waals surface area contributed by atoms with Crippen molar-refractivity contribution < 1.29 is 13.2 Å². The van der Waals surface area contributed by atoms with Gasteiger partial charge in [-0.3, -0.25) is 9.69 Å². The summed E-state index contributed by atoms with van der Waals surface area (Å²) < 4.78 is 24.8. The van der Waals surface area contributed by atoms with E-state index in [0.29, 0.717) is 19.6 Å². The Labute approximate surface area is 156 Å². The smallest absolute Gasteiger partial charge is 0.224 e. The van der Waals surface area contributed by atoms with Gasteiger partial charge in [-0.1, -0.05) is 24.3 Å². The van der Waals surface area contributed by atoms with Crippen molar-refractivity contribution in [3.63, 3.8) is 0 Å². The van der Waals surface area contributed by atoms with E-state index >= 15 is 0 Å². The van der Waals surface area contributed by atoms with Gasteiger partial charge in [0.25, 0.3) is 0 Å². The van der Waals surface area contributed by atoms with Gasteiger partial charge in [-0.2, -0.15) is 0 Å². The highest BCUT2D eigenvalue weighted by molar-refractivity contribution is 7.88. The van der Waals surface area contributed by atoms with E-state index in [1.54, 1.807) is 0 Å². The summed E-state index contributed by atoms with van der Waals surface area (Å²) in [6, 6.07) is 8.39. The second-order valence-electron chi connectivity index (χ2n) is 7.48. The third kappa shape index (κ3) is 5.28. The van der Waals surface area contributed by atoms with Gasteiger partial charge in [-0.15, -0.1) is 0 Å². The third-order valence-corrected chi connectivity index (χ3v) is 6.59. The summed E-state index contributed by atoms with van der Waals surface area (Å²) in [7, 11) is -3.22. The predicted octanol–water partition coefficient (Wildman–Crippen LogP) is 1.57. The molecule has 0 radical (unpaired) electrons.